The van der Waals surface area contributed by atoms with Crippen molar-refractivity contribution >= 4 is 5.78 Å². The summed E-state index contributed by atoms with van der Waals surface area (Å²) in [5, 5.41) is 0. The fourth-order valence-corrected chi connectivity index (χ4v) is 1.72. The average Bonchev–Trinajstić information content (AvgIpc) is 2.45. The number of aromatic nitrogens is 1. The Morgan fingerprint density at radius 2 is 2.00 bits per heavy atom. The number of halogens is 3. The van der Waals surface area contributed by atoms with Crippen LogP contribution in [0.15, 0.2) is 42.7 Å². The number of alkyl halides is 3. The van der Waals surface area contributed by atoms with Crippen LogP contribution in [0.3, 0.4) is 0 Å². The van der Waals surface area contributed by atoms with Crippen LogP contribution in [0.1, 0.15) is 21.5 Å². The molecule has 1 aromatic carbocycles. The van der Waals surface area contributed by atoms with Crippen molar-refractivity contribution in [3.63, 3.8) is 0 Å². The summed E-state index contributed by atoms with van der Waals surface area (Å²) in [6.07, 6.45) is -1.77. The first-order valence-corrected chi connectivity index (χ1v) is 5.63. The van der Waals surface area contributed by atoms with Crippen LogP contribution < -0.4 is 4.74 Å². The van der Waals surface area contributed by atoms with E-state index in [2.05, 4.69) is 4.98 Å². The Morgan fingerprint density at radius 3 is 2.65 bits per heavy atom. The van der Waals surface area contributed by atoms with Gasteiger partial charge in [-0.15, -0.1) is 0 Å². The zero-order valence-corrected chi connectivity index (χ0v) is 10.4. The van der Waals surface area contributed by atoms with Gasteiger partial charge in [0.25, 0.3) is 0 Å². The van der Waals surface area contributed by atoms with E-state index < -0.39 is 17.5 Å². The summed E-state index contributed by atoms with van der Waals surface area (Å²) in [4.78, 5) is 16.0. The molecule has 1 heterocycles. The maximum atomic E-state index is 12.6. The molecule has 0 N–H and O–H groups in total. The molecule has 0 fully saturated rings. The van der Waals surface area contributed by atoms with Crippen molar-refractivity contribution in [2.24, 2.45) is 0 Å². The summed E-state index contributed by atoms with van der Waals surface area (Å²) >= 11 is 0. The monoisotopic (exact) mass is 281 g/mol. The molecule has 0 radical (unpaired) electrons. The normalized spacial score (nSPS) is 11.2. The van der Waals surface area contributed by atoms with E-state index >= 15 is 0 Å². The summed E-state index contributed by atoms with van der Waals surface area (Å²) in [7, 11) is 1.36. The van der Waals surface area contributed by atoms with E-state index in [1.54, 1.807) is 0 Å². The number of ketones is 1. The van der Waals surface area contributed by atoms with Crippen LogP contribution in [-0.2, 0) is 6.18 Å². The van der Waals surface area contributed by atoms with E-state index in [0.29, 0.717) is 0 Å². The van der Waals surface area contributed by atoms with Crippen molar-refractivity contribution < 1.29 is 22.7 Å². The van der Waals surface area contributed by atoms with Crippen LogP contribution in [0, 0.1) is 0 Å². The number of nitrogens with zero attached hydrogens (tertiary/aromatic N) is 1. The molecule has 0 saturated carbocycles. The van der Waals surface area contributed by atoms with Gasteiger partial charge in [0.15, 0.2) is 5.78 Å². The molecule has 20 heavy (non-hydrogen) atoms. The third-order valence-electron chi connectivity index (χ3n) is 2.70. The Kier molecular flexibility index (Phi) is 3.74. The van der Waals surface area contributed by atoms with Crippen LogP contribution in [0.4, 0.5) is 13.2 Å². The van der Waals surface area contributed by atoms with Gasteiger partial charge in [0, 0.05) is 11.8 Å². The summed E-state index contributed by atoms with van der Waals surface area (Å²) in [6.45, 7) is 0. The number of carbonyl (C=O) groups excluding carboxylic acids is 1. The summed E-state index contributed by atoms with van der Waals surface area (Å²) in [6, 6.07) is 5.67. The second-order valence-corrected chi connectivity index (χ2v) is 3.98. The van der Waals surface area contributed by atoms with Crippen LogP contribution >= 0.6 is 0 Å². The maximum Gasteiger partial charge on any atom is 0.416 e. The highest BCUT2D eigenvalue weighted by molar-refractivity contribution is 6.10. The van der Waals surface area contributed by atoms with Gasteiger partial charge in [0.1, 0.15) is 5.75 Å². The third kappa shape index (κ3) is 2.79. The van der Waals surface area contributed by atoms with Crippen molar-refractivity contribution in [3.05, 3.63) is 59.4 Å². The largest absolute Gasteiger partial charge is 0.494 e. The molecule has 0 bridgehead atoms. The number of ether oxygens (including phenoxy) is 1. The van der Waals surface area contributed by atoms with E-state index in [9.17, 15) is 18.0 Å². The van der Waals surface area contributed by atoms with Gasteiger partial charge < -0.3 is 4.74 Å². The summed E-state index contributed by atoms with van der Waals surface area (Å²) < 4.78 is 42.9. The lowest BCUT2D eigenvalue weighted by Gasteiger charge is -2.09. The van der Waals surface area contributed by atoms with Crippen LogP contribution in [0.5, 0.6) is 5.75 Å². The lowest BCUT2D eigenvalue weighted by molar-refractivity contribution is -0.137. The van der Waals surface area contributed by atoms with E-state index in [-0.39, 0.29) is 16.9 Å². The van der Waals surface area contributed by atoms with E-state index in [0.717, 1.165) is 12.1 Å². The van der Waals surface area contributed by atoms with Gasteiger partial charge in [0.2, 0.25) is 0 Å². The van der Waals surface area contributed by atoms with E-state index in [1.165, 1.54) is 37.7 Å². The first-order valence-electron chi connectivity index (χ1n) is 5.63. The van der Waals surface area contributed by atoms with Gasteiger partial charge in [-0.05, 0) is 18.2 Å². The topological polar surface area (TPSA) is 39.2 Å². The average molecular weight is 281 g/mol. The second kappa shape index (κ2) is 5.32. The molecule has 2 aromatic rings. The quantitative estimate of drug-likeness (QED) is 0.810. The number of hydrogen-bond donors (Lipinski definition) is 0. The van der Waals surface area contributed by atoms with Crippen molar-refractivity contribution in [2.45, 2.75) is 6.18 Å². The molecule has 104 valence electrons. The predicted octanol–water partition coefficient (Wildman–Crippen LogP) is 3.34. The smallest absolute Gasteiger partial charge is 0.416 e. The molecule has 6 heteroatoms. The first kappa shape index (κ1) is 14.0. The predicted molar refractivity (Wildman–Crippen MR) is 65.7 cm³/mol. The molecule has 0 amide bonds. The number of carbonyl (C=O) groups is 1. The number of rotatable bonds is 3. The van der Waals surface area contributed by atoms with Gasteiger partial charge in [-0.3, -0.25) is 9.78 Å². The molecule has 0 spiro atoms. The molecule has 0 aliphatic heterocycles. The fraction of sp³-hybridized carbons (Fsp3) is 0.143. The van der Waals surface area contributed by atoms with Crippen molar-refractivity contribution in [1.29, 1.82) is 0 Å². The number of hydrogen-bond acceptors (Lipinski definition) is 3. The molecular weight excluding hydrogens is 271 g/mol. The lowest BCUT2D eigenvalue weighted by Crippen LogP contribution is -2.09. The molecule has 1 aromatic heterocycles. The van der Waals surface area contributed by atoms with Crippen molar-refractivity contribution in [1.82, 2.24) is 4.98 Å². The molecule has 3 nitrogen and oxygen atoms in total. The molecule has 2 rings (SSSR count). The molecule has 0 aliphatic rings. The van der Waals surface area contributed by atoms with Crippen molar-refractivity contribution in [3.8, 4) is 5.75 Å². The molecule has 0 saturated heterocycles. The van der Waals surface area contributed by atoms with Crippen LogP contribution in [-0.4, -0.2) is 17.9 Å². The van der Waals surface area contributed by atoms with E-state index in [1.807, 2.05) is 0 Å². The van der Waals surface area contributed by atoms with Crippen molar-refractivity contribution in [2.75, 3.05) is 7.11 Å². The summed E-state index contributed by atoms with van der Waals surface area (Å²) in [5.74, 6) is -0.328. The minimum atomic E-state index is -4.49. The second-order valence-electron chi connectivity index (χ2n) is 3.98. The highest BCUT2D eigenvalue weighted by atomic mass is 19.4. The third-order valence-corrected chi connectivity index (χ3v) is 2.70. The molecular formula is C14H10F3NO2. The number of pyridine rings is 1. The van der Waals surface area contributed by atoms with E-state index in [4.69, 9.17) is 4.74 Å². The van der Waals surface area contributed by atoms with Gasteiger partial charge in [-0.2, -0.15) is 13.2 Å². The van der Waals surface area contributed by atoms with Crippen LogP contribution in [0.25, 0.3) is 0 Å². The van der Waals surface area contributed by atoms with Gasteiger partial charge in [-0.25, -0.2) is 0 Å². The van der Waals surface area contributed by atoms with Gasteiger partial charge >= 0.3 is 6.18 Å². The number of methoxy groups -OCH3 is 1. The first-order chi connectivity index (χ1) is 9.43. The molecule has 0 aliphatic carbocycles. The highest BCUT2D eigenvalue weighted by Gasteiger charge is 2.31. The Hall–Kier alpha value is -2.37. The van der Waals surface area contributed by atoms with Gasteiger partial charge in [0.05, 0.1) is 24.4 Å². The Bertz CT molecular complexity index is 638. The fourth-order valence-electron chi connectivity index (χ4n) is 1.72. The Labute approximate surface area is 113 Å². The summed E-state index contributed by atoms with van der Waals surface area (Å²) in [5.41, 5.74) is -0.748. The maximum absolute atomic E-state index is 12.6. The number of benzene rings is 1. The highest BCUT2D eigenvalue weighted by Crippen LogP contribution is 2.30. The standard InChI is InChI=1S/C14H10F3NO2/c1-20-12-8-18-6-5-11(12)13(19)9-3-2-4-10(7-9)14(15,16)17/h2-8H,1H3. The lowest BCUT2D eigenvalue weighted by atomic mass is 10.0. The Balaban J connectivity index is 2.44. The minimum Gasteiger partial charge on any atom is -0.494 e. The SMILES string of the molecule is COc1cnccc1C(=O)c1cccc(C(F)(F)F)c1. The zero-order valence-electron chi connectivity index (χ0n) is 10.4. The molecule has 0 atom stereocenters. The molecule has 0 unspecified atom stereocenters. The van der Waals surface area contributed by atoms with Crippen LogP contribution in [0.2, 0.25) is 0 Å². The minimum absolute atomic E-state index is 0.0516. The zero-order chi connectivity index (χ0) is 14.8. The Morgan fingerprint density at radius 1 is 1.25 bits per heavy atom. The van der Waals surface area contributed by atoms with Gasteiger partial charge in [-0.1, -0.05) is 12.1 Å².